The minimum Gasteiger partial charge on any atom is -0.493 e. The van der Waals surface area contributed by atoms with Gasteiger partial charge in [0.05, 0.1) is 37.9 Å². The minimum absolute atomic E-state index is 0.178. The molecule has 1 aliphatic rings. The number of carbonyl (C=O) groups excluding carboxylic acids is 2. The van der Waals surface area contributed by atoms with Crippen molar-refractivity contribution in [2.24, 2.45) is 5.92 Å². The molecule has 0 N–H and O–H groups in total. The standard InChI is InChI=1S/C25H29N3O5/c1-5-7-15-27-23(29)20(24(30)33-6-2)21(16-11-10-14-19(31-3)22(16)32-4)28-18-13-9-8-12-17(18)26-25(27)28/h8-14,20-21H,5-7,15H2,1-4H3/t20-,21+/m0/s1. The van der Waals surface area contributed by atoms with Crippen molar-refractivity contribution in [3.05, 3.63) is 48.0 Å². The van der Waals surface area contributed by atoms with Crippen molar-refractivity contribution in [1.82, 2.24) is 9.55 Å². The van der Waals surface area contributed by atoms with Gasteiger partial charge in [-0.1, -0.05) is 37.6 Å². The van der Waals surface area contributed by atoms with Gasteiger partial charge in [0.25, 0.3) is 0 Å². The highest BCUT2D eigenvalue weighted by atomic mass is 16.5. The van der Waals surface area contributed by atoms with Gasteiger partial charge in [-0.2, -0.15) is 0 Å². The first kappa shape index (κ1) is 22.6. The second kappa shape index (κ2) is 9.52. The lowest BCUT2D eigenvalue weighted by atomic mass is 9.88. The summed E-state index contributed by atoms with van der Waals surface area (Å²) >= 11 is 0. The second-order valence-electron chi connectivity index (χ2n) is 7.87. The van der Waals surface area contributed by atoms with Gasteiger partial charge in [-0.15, -0.1) is 0 Å². The summed E-state index contributed by atoms with van der Waals surface area (Å²) in [6.45, 7) is 4.44. The summed E-state index contributed by atoms with van der Waals surface area (Å²) in [6.07, 6.45) is 1.69. The predicted octanol–water partition coefficient (Wildman–Crippen LogP) is 3.97. The van der Waals surface area contributed by atoms with E-state index in [0.29, 0.717) is 29.6 Å². The third kappa shape index (κ3) is 3.79. The number of esters is 1. The summed E-state index contributed by atoms with van der Waals surface area (Å²) in [6, 6.07) is 12.4. The van der Waals surface area contributed by atoms with Gasteiger partial charge in [0, 0.05) is 12.1 Å². The van der Waals surface area contributed by atoms with Crippen LogP contribution in [0.5, 0.6) is 11.5 Å². The molecule has 174 valence electrons. The van der Waals surface area contributed by atoms with Crippen LogP contribution in [-0.2, 0) is 14.3 Å². The van der Waals surface area contributed by atoms with Gasteiger partial charge >= 0.3 is 5.97 Å². The Labute approximate surface area is 193 Å². The van der Waals surface area contributed by atoms with E-state index in [1.165, 1.54) is 0 Å². The zero-order valence-electron chi connectivity index (χ0n) is 19.4. The van der Waals surface area contributed by atoms with Gasteiger partial charge in [-0.05, 0) is 31.5 Å². The smallest absolute Gasteiger partial charge is 0.321 e. The van der Waals surface area contributed by atoms with Crippen molar-refractivity contribution >= 4 is 28.9 Å². The molecule has 1 aliphatic heterocycles. The van der Waals surface area contributed by atoms with E-state index in [-0.39, 0.29) is 12.5 Å². The Morgan fingerprint density at radius 2 is 1.85 bits per heavy atom. The Hall–Kier alpha value is -3.55. The molecule has 4 rings (SSSR count). The topological polar surface area (TPSA) is 82.9 Å². The first-order valence-electron chi connectivity index (χ1n) is 11.2. The third-order valence-corrected chi connectivity index (χ3v) is 5.97. The van der Waals surface area contributed by atoms with Gasteiger partial charge in [0.15, 0.2) is 17.4 Å². The Balaban J connectivity index is 2.03. The average Bonchev–Trinajstić information content (AvgIpc) is 3.21. The fraction of sp³-hybridized carbons (Fsp3) is 0.400. The third-order valence-electron chi connectivity index (χ3n) is 5.97. The highest BCUT2D eigenvalue weighted by Gasteiger charge is 2.48. The fourth-order valence-electron chi connectivity index (χ4n) is 4.50. The van der Waals surface area contributed by atoms with Crippen LogP contribution in [0.25, 0.3) is 11.0 Å². The van der Waals surface area contributed by atoms with E-state index >= 15 is 0 Å². The maximum Gasteiger partial charge on any atom is 0.321 e. The summed E-state index contributed by atoms with van der Waals surface area (Å²) in [5, 5.41) is 0. The molecule has 0 spiro atoms. The van der Waals surface area contributed by atoms with Crippen LogP contribution in [0.2, 0.25) is 0 Å². The summed E-state index contributed by atoms with van der Waals surface area (Å²) < 4.78 is 18.6. The van der Waals surface area contributed by atoms with E-state index in [1.807, 2.05) is 41.0 Å². The number of para-hydroxylation sites is 3. The molecular weight excluding hydrogens is 422 g/mol. The van der Waals surface area contributed by atoms with E-state index in [1.54, 1.807) is 32.1 Å². The zero-order valence-corrected chi connectivity index (χ0v) is 19.4. The lowest BCUT2D eigenvalue weighted by Crippen LogP contribution is -2.50. The second-order valence-corrected chi connectivity index (χ2v) is 7.87. The number of imidazole rings is 1. The van der Waals surface area contributed by atoms with Gasteiger partial charge in [-0.3, -0.25) is 14.5 Å². The molecule has 1 aromatic heterocycles. The first-order valence-corrected chi connectivity index (χ1v) is 11.2. The van der Waals surface area contributed by atoms with E-state index in [2.05, 4.69) is 6.92 Å². The lowest BCUT2D eigenvalue weighted by Gasteiger charge is -2.38. The number of ether oxygens (including phenoxy) is 3. The first-order chi connectivity index (χ1) is 16.1. The van der Waals surface area contributed by atoms with Crippen LogP contribution in [0, 0.1) is 5.92 Å². The summed E-state index contributed by atoms with van der Waals surface area (Å²) in [7, 11) is 3.10. The predicted molar refractivity (Wildman–Crippen MR) is 125 cm³/mol. The highest BCUT2D eigenvalue weighted by Crippen LogP contribution is 2.46. The largest absolute Gasteiger partial charge is 0.493 e. The van der Waals surface area contributed by atoms with Crippen LogP contribution in [0.15, 0.2) is 42.5 Å². The average molecular weight is 452 g/mol. The van der Waals surface area contributed by atoms with Gasteiger partial charge in [-0.25, -0.2) is 4.98 Å². The number of rotatable bonds is 8. The number of carbonyl (C=O) groups is 2. The number of benzene rings is 2. The molecule has 8 heteroatoms. The van der Waals surface area contributed by atoms with Crippen LogP contribution in [0.1, 0.15) is 38.3 Å². The van der Waals surface area contributed by atoms with E-state index in [4.69, 9.17) is 19.2 Å². The SMILES string of the molecule is CCCCN1C(=O)[C@@H](C(=O)OCC)[C@@H](c2cccc(OC)c2OC)n2c1nc1ccccc12. The molecule has 1 amide bonds. The molecule has 0 bridgehead atoms. The Kier molecular flexibility index (Phi) is 6.53. The maximum absolute atomic E-state index is 13.8. The van der Waals surface area contributed by atoms with Crippen molar-refractivity contribution in [3.63, 3.8) is 0 Å². The summed E-state index contributed by atoms with van der Waals surface area (Å²) in [5.74, 6) is -0.470. The van der Waals surface area contributed by atoms with E-state index < -0.39 is 17.9 Å². The molecule has 0 saturated heterocycles. The van der Waals surface area contributed by atoms with E-state index in [0.717, 1.165) is 23.9 Å². The molecule has 0 saturated carbocycles. The number of hydrogen-bond acceptors (Lipinski definition) is 6. The molecule has 3 aromatic rings. The molecule has 2 aromatic carbocycles. The number of hydrogen-bond donors (Lipinski definition) is 0. The van der Waals surface area contributed by atoms with Crippen LogP contribution in [0.3, 0.4) is 0 Å². The summed E-state index contributed by atoms with van der Waals surface area (Å²) in [4.78, 5) is 33.5. The Morgan fingerprint density at radius 3 is 2.55 bits per heavy atom. The lowest BCUT2D eigenvalue weighted by molar-refractivity contribution is -0.153. The fourth-order valence-corrected chi connectivity index (χ4v) is 4.50. The number of methoxy groups -OCH3 is 2. The van der Waals surface area contributed by atoms with Crippen molar-refractivity contribution in [3.8, 4) is 11.5 Å². The maximum atomic E-state index is 13.8. The molecule has 0 unspecified atom stereocenters. The molecule has 33 heavy (non-hydrogen) atoms. The molecule has 8 nitrogen and oxygen atoms in total. The Bertz CT molecular complexity index is 1170. The summed E-state index contributed by atoms with van der Waals surface area (Å²) in [5.41, 5.74) is 2.23. The molecule has 0 aliphatic carbocycles. The van der Waals surface area contributed by atoms with Crippen molar-refractivity contribution in [2.45, 2.75) is 32.7 Å². The number of anilines is 1. The molecule has 0 radical (unpaired) electrons. The van der Waals surface area contributed by atoms with Crippen molar-refractivity contribution in [2.75, 3.05) is 32.3 Å². The van der Waals surface area contributed by atoms with Gasteiger partial charge in [0.1, 0.15) is 0 Å². The Morgan fingerprint density at radius 1 is 1.06 bits per heavy atom. The van der Waals surface area contributed by atoms with Gasteiger partial charge in [0.2, 0.25) is 11.9 Å². The monoisotopic (exact) mass is 451 g/mol. The number of unbranched alkanes of at least 4 members (excludes halogenated alkanes) is 1. The van der Waals surface area contributed by atoms with Gasteiger partial charge < -0.3 is 18.8 Å². The number of aromatic nitrogens is 2. The van der Waals surface area contributed by atoms with Crippen molar-refractivity contribution in [1.29, 1.82) is 0 Å². The number of nitrogens with zero attached hydrogens (tertiary/aromatic N) is 3. The molecule has 0 fully saturated rings. The van der Waals surface area contributed by atoms with Crippen LogP contribution in [-0.4, -0.2) is 48.8 Å². The zero-order chi connectivity index (χ0) is 23.5. The van der Waals surface area contributed by atoms with Crippen LogP contribution < -0.4 is 14.4 Å². The van der Waals surface area contributed by atoms with Crippen molar-refractivity contribution < 1.29 is 23.8 Å². The normalized spacial score (nSPS) is 17.7. The van der Waals surface area contributed by atoms with Crippen LogP contribution >= 0.6 is 0 Å². The molecular formula is C25H29N3O5. The van der Waals surface area contributed by atoms with Crippen LogP contribution in [0.4, 0.5) is 5.95 Å². The number of fused-ring (bicyclic) bond motifs is 3. The highest BCUT2D eigenvalue weighted by molar-refractivity contribution is 6.08. The van der Waals surface area contributed by atoms with E-state index in [9.17, 15) is 9.59 Å². The quantitative estimate of drug-likeness (QED) is 0.381. The molecule has 2 heterocycles. The minimum atomic E-state index is -1.09. The molecule has 2 atom stereocenters. The number of amides is 1.